The van der Waals surface area contributed by atoms with Crippen molar-refractivity contribution in [2.75, 3.05) is 17.1 Å². The van der Waals surface area contributed by atoms with Gasteiger partial charge in [0.1, 0.15) is 6.54 Å². The Bertz CT molecular complexity index is 935. The summed E-state index contributed by atoms with van der Waals surface area (Å²) < 4.78 is 25.7. The lowest BCUT2D eigenvalue weighted by molar-refractivity contribution is -0.119. The van der Waals surface area contributed by atoms with Gasteiger partial charge in [0, 0.05) is 6.54 Å². The largest absolute Gasteiger partial charge is 0.350 e. The van der Waals surface area contributed by atoms with Crippen molar-refractivity contribution in [2.45, 2.75) is 53.0 Å². The maximum Gasteiger partial charge on any atom is 0.241 e. The Labute approximate surface area is 175 Å². The zero-order chi connectivity index (χ0) is 21.6. The Morgan fingerprint density at radius 1 is 1.00 bits per heavy atom. The smallest absolute Gasteiger partial charge is 0.241 e. The molecule has 0 saturated carbocycles. The molecule has 0 aliphatic carbocycles. The summed E-state index contributed by atoms with van der Waals surface area (Å²) in [6, 6.07) is 13.6. The molecular formula is C23H32N2O3S. The molecule has 0 heterocycles. The van der Waals surface area contributed by atoms with Gasteiger partial charge in [0.2, 0.25) is 15.9 Å². The third-order valence-electron chi connectivity index (χ3n) is 5.07. The van der Waals surface area contributed by atoms with Crippen molar-refractivity contribution in [3.05, 3.63) is 64.7 Å². The van der Waals surface area contributed by atoms with E-state index in [9.17, 15) is 13.2 Å². The number of aryl methyl sites for hydroxylation is 2. The minimum atomic E-state index is -3.58. The van der Waals surface area contributed by atoms with Crippen molar-refractivity contribution in [1.82, 2.24) is 5.32 Å². The fourth-order valence-corrected chi connectivity index (χ4v) is 4.07. The van der Waals surface area contributed by atoms with Crippen LogP contribution < -0.4 is 9.62 Å². The Kier molecular flexibility index (Phi) is 7.85. The number of anilines is 1. The van der Waals surface area contributed by atoms with Gasteiger partial charge in [-0.2, -0.15) is 0 Å². The van der Waals surface area contributed by atoms with E-state index < -0.39 is 10.0 Å². The number of carbonyl (C=O) groups is 1. The van der Waals surface area contributed by atoms with Crippen LogP contribution in [0.5, 0.6) is 0 Å². The number of nitrogens with one attached hydrogen (secondary N) is 1. The van der Waals surface area contributed by atoms with Gasteiger partial charge in [-0.1, -0.05) is 58.0 Å². The van der Waals surface area contributed by atoms with Crippen LogP contribution in [-0.4, -0.2) is 27.1 Å². The summed E-state index contributed by atoms with van der Waals surface area (Å²) >= 11 is 0. The molecule has 1 N–H and O–H groups in total. The summed E-state index contributed by atoms with van der Waals surface area (Å²) in [5.74, 6) is 0.0259. The molecule has 1 amide bonds. The second-order valence-electron chi connectivity index (χ2n) is 7.60. The number of amides is 1. The van der Waals surface area contributed by atoms with Gasteiger partial charge in [-0.25, -0.2) is 8.42 Å². The number of sulfonamides is 1. The summed E-state index contributed by atoms with van der Waals surface area (Å²) in [5, 5.41) is 2.88. The van der Waals surface area contributed by atoms with E-state index in [4.69, 9.17) is 0 Å². The minimum Gasteiger partial charge on any atom is -0.350 e. The van der Waals surface area contributed by atoms with Crippen LogP contribution >= 0.6 is 0 Å². The van der Waals surface area contributed by atoms with Gasteiger partial charge in [0.05, 0.1) is 11.9 Å². The van der Waals surface area contributed by atoms with Crippen molar-refractivity contribution in [3.63, 3.8) is 0 Å². The molecule has 0 radical (unpaired) electrons. The molecule has 2 aromatic carbocycles. The van der Waals surface area contributed by atoms with Crippen LogP contribution in [0.2, 0.25) is 0 Å². The standard InChI is InChI=1S/C23H32N2O3S/c1-6-18-8-9-19(7-2)21(14-18)15-24-23(26)16-25(29(5,27)28)22-12-10-20(11-13-22)17(3)4/h8-14,17H,6-7,15-16H2,1-5H3,(H,24,26). The van der Waals surface area contributed by atoms with E-state index in [2.05, 4.69) is 51.2 Å². The fourth-order valence-electron chi connectivity index (χ4n) is 3.21. The number of carbonyl (C=O) groups excluding carboxylic acids is 1. The van der Waals surface area contributed by atoms with E-state index in [0.29, 0.717) is 18.2 Å². The molecule has 6 heteroatoms. The SMILES string of the molecule is CCc1ccc(CC)c(CNC(=O)CN(c2ccc(C(C)C)cc2)S(C)(=O)=O)c1. The Morgan fingerprint density at radius 2 is 1.66 bits per heavy atom. The first-order valence-electron chi connectivity index (χ1n) is 10.1. The zero-order valence-electron chi connectivity index (χ0n) is 18.0. The van der Waals surface area contributed by atoms with Gasteiger partial charge in [0.25, 0.3) is 0 Å². The lowest BCUT2D eigenvalue weighted by atomic mass is 10.0. The highest BCUT2D eigenvalue weighted by atomic mass is 32.2. The topological polar surface area (TPSA) is 66.5 Å². The minimum absolute atomic E-state index is 0.241. The Hall–Kier alpha value is -2.34. The van der Waals surface area contributed by atoms with Gasteiger partial charge in [-0.3, -0.25) is 9.10 Å². The second kappa shape index (κ2) is 9.92. The number of benzene rings is 2. The molecule has 5 nitrogen and oxygen atoms in total. The zero-order valence-corrected chi connectivity index (χ0v) is 18.8. The third-order valence-corrected chi connectivity index (χ3v) is 6.21. The van der Waals surface area contributed by atoms with Gasteiger partial charge in [-0.05, 0) is 53.1 Å². The first-order valence-corrected chi connectivity index (χ1v) is 12.0. The molecule has 2 aromatic rings. The average Bonchev–Trinajstić information content (AvgIpc) is 2.69. The van der Waals surface area contributed by atoms with Crippen molar-refractivity contribution < 1.29 is 13.2 Å². The lowest BCUT2D eigenvalue weighted by Crippen LogP contribution is -2.40. The van der Waals surface area contributed by atoms with E-state index in [1.165, 1.54) is 11.1 Å². The summed E-state index contributed by atoms with van der Waals surface area (Å²) in [4.78, 5) is 12.6. The first kappa shape index (κ1) is 22.9. The van der Waals surface area contributed by atoms with Gasteiger partial charge >= 0.3 is 0 Å². The summed E-state index contributed by atoms with van der Waals surface area (Å²) in [6.45, 7) is 8.48. The lowest BCUT2D eigenvalue weighted by Gasteiger charge is -2.22. The van der Waals surface area contributed by atoms with E-state index >= 15 is 0 Å². The molecule has 29 heavy (non-hydrogen) atoms. The van der Waals surface area contributed by atoms with Crippen molar-refractivity contribution in [1.29, 1.82) is 0 Å². The van der Waals surface area contributed by atoms with Gasteiger partial charge in [-0.15, -0.1) is 0 Å². The number of rotatable bonds is 9. The molecule has 0 aromatic heterocycles. The summed E-state index contributed by atoms with van der Waals surface area (Å²) in [6.07, 6.45) is 2.93. The maximum atomic E-state index is 12.6. The van der Waals surface area contributed by atoms with E-state index in [1.807, 2.05) is 12.1 Å². The highest BCUT2D eigenvalue weighted by Gasteiger charge is 2.21. The molecule has 0 spiro atoms. The predicted octanol–water partition coefficient (Wildman–Crippen LogP) is 4.02. The van der Waals surface area contributed by atoms with Crippen LogP contribution in [0, 0.1) is 0 Å². The number of hydrogen-bond donors (Lipinski definition) is 1. The molecule has 0 aliphatic heterocycles. The molecule has 0 fully saturated rings. The van der Waals surface area contributed by atoms with Crippen LogP contribution in [-0.2, 0) is 34.2 Å². The van der Waals surface area contributed by atoms with Crippen molar-refractivity contribution in [2.24, 2.45) is 0 Å². The summed E-state index contributed by atoms with van der Waals surface area (Å²) in [5.41, 5.74) is 5.09. The summed E-state index contributed by atoms with van der Waals surface area (Å²) in [7, 11) is -3.58. The van der Waals surface area contributed by atoms with Crippen LogP contribution in [0.15, 0.2) is 42.5 Å². The van der Waals surface area contributed by atoms with Crippen molar-refractivity contribution >= 4 is 21.6 Å². The molecule has 2 rings (SSSR count). The number of nitrogens with zero attached hydrogens (tertiary/aromatic N) is 1. The van der Waals surface area contributed by atoms with Gasteiger partial charge < -0.3 is 5.32 Å². The van der Waals surface area contributed by atoms with Crippen LogP contribution in [0.1, 0.15) is 55.9 Å². The number of hydrogen-bond acceptors (Lipinski definition) is 3. The predicted molar refractivity (Wildman–Crippen MR) is 120 cm³/mol. The maximum absolute atomic E-state index is 12.6. The normalized spacial score (nSPS) is 11.5. The van der Waals surface area contributed by atoms with E-state index in [0.717, 1.165) is 34.5 Å². The molecule has 0 unspecified atom stereocenters. The van der Waals surface area contributed by atoms with Crippen LogP contribution in [0.3, 0.4) is 0 Å². The average molecular weight is 417 g/mol. The molecular weight excluding hydrogens is 384 g/mol. The highest BCUT2D eigenvalue weighted by molar-refractivity contribution is 7.92. The Balaban J connectivity index is 2.13. The van der Waals surface area contributed by atoms with E-state index in [-0.39, 0.29) is 12.5 Å². The molecule has 158 valence electrons. The first-order chi connectivity index (χ1) is 13.7. The fraction of sp³-hybridized carbons (Fsp3) is 0.435. The molecule has 0 aliphatic rings. The van der Waals surface area contributed by atoms with Crippen LogP contribution in [0.4, 0.5) is 5.69 Å². The second-order valence-corrected chi connectivity index (χ2v) is 9.51. The molecule has 0 saturated heterocycles. The quantitative estimate of drug-likeness (QED) is 0.671. The molecule has 0 atom stereocenters. The van der Waals surface area contributed by atoms with E-state index in [1.54, 1.807) is 12.1 Å². The highest BCUT2D eigenvalue weighted by Crippen LogP contribution is 2.22. The monoisotopic (exact) mass is 416 g/mol. The van der Waals surface area contributed by atoms with Gasteiger partial charge in [0.15, 0.2) is 0 Å². The van der Waals surface area contributed by atoms with Crippen LogP contribution in [0.25, 0.3) is 0 Å². The Morgan fingerprint density at radius 3 is 2.17 bits per heavy atom. The van der Waals surface area contributed by atoms with Crippen molar-refractivity contribution in [3.8, 4) is 0 Å². The molecule has 0 bridgehead atoms. The third kappa shape index (κ3) is 6.32.